The third kappa shape index (κ3) is 2.29. The summed E-state index contributed by atoms with van der Waals surface area (Å²) >= 11 is 3.59. The van der Waals surface area contributed by atoms with Crippen molar-refractivity contribution < 1.29 is 4.79 Å². The lowest BCUT2D eigenvalue weighted by atomic mass is 10.1. The van der Waals surface area contributed by atoms with Gasteiger partial charge in [0.2, 0.25) is 0 Å². The Kier molecular flexibility index (Phi) is 3.33. The first-order valence-electron chi connectivity index (χ1n) is 5.51. The SMILES string of the molecule is Cc1nn(C)cc1C(=O)N1CCC(Br)CC1. The molecule has 1 aromatic rings. The number of rotatable bonds is 1. The number of aromatic nitrogens is 2. The van der Waals surface area contributed by atoms with Crippen LogP contribution in [0.5, 0.6) is 0 Å². The quantitative estimate of drug-likeness (QED) is 0.737. The molecule has 1 aliphatic heterocycles. The minimum Gasteiger partial charge on any atom is -0.338 e. The largest absolute Gasteiger partial charge is 0.338 e. The second kappa shape index (κ2) is 4.57. The van der Waals surface area contributed by atoms with Crippen molar-refractivity contribution in [2.45, 2.75) is 24.6 Å². The van der Waals surface area contributed by atoms with E-state index < -0.39 is 0 Å². The van der Waals surface area contributed by atoms with Gasteiger partial charge in [0.05, 0.1) is 11.3 Å². The average molecular weight is 286 g/mol. The van der Waals surface area contributed by atoms with Crippen molar-refractivity contribution in [2.75, 3.05) is 13.1 Å². The van der Waals surface area contributed by atoms with Crippen molar-refractivity contribution in [2.24, 2.45) is 7.05 Å². The van der Waals surface area contributed by atoms with Crippen LogP contribution >= 0.6 is 15.9 Å². The van der Waals surface area contributed by atoms with Crippen LogP contribution in [-0.4, -0.2) is 38.5 Å². The molecule has 0 unspecified atom stereocenters. The fourth-order valence-corrected chi connectivity index (χ4v) is 2.44. The van der Waals surface area contributed by atoms with Gasteiger partial charge in [-0.3, -0.25) is 9.48 Å². The number of nitrogens with zero attached hydrogens (tertiary/aromatic N) is 3. The van der Waals surface area contributed by atoms with Crippen LogP contribution in [0.25, 0.3) is 0 Å². The van der Waals surface area contributed by atoms with Gasteiger partial charge in [0.1, 0.15) is 0 Å². The highest BCUT2D eigenvalue weighted by atomic mass is 79.9. The summed E-state index contributed by atoms with van der Waals surface area (Å²) in [6.07, 6.45) is 3.87. The van der Waals surface area contributed by atoms with Crippen molar-refractivity contribution in [3.63, 3.8) is 0 Å². The van der Waals surface area contributed by atoms with Crippen LogP contribution in [-0.2, 0) is 7.05 Å². The molecule has 0 N–H and O–H groups in total. The zero-order chi connectivity index (χ0) is 11.7. The van der Waals surface area contributed by atoms with Crippen molar-refractivity contribution in [3.05, 3.63) is 17.5 Å². The number of piperidine rings is 1. The Morgan fingerprint density at radius 2 is 2.12 bits per heavy atom. The van der Waals surface area contributed by atoms with E-state index in [4.69, 9.17) is 0 Å². The van der Waals surface area contributed by atoms with Crippen molar-refractivity contribution in [3.8, 4) is 0 Å². The number of hydrogen-bond donors (Lipinski definition) is 0. The molecule has 0 aliphatic carbocycles. The van der Waals surface area contributed by atoms with Crippen LogP contribution in [0, 0.1) is 6.92 Å². The Labute approximate surface area is 104 Å². The number of carbonyl (C=O) groups excluding carboxylic acids is 1. The second-order valence-electron chi connectivity index (χ2n) is 4.27. The first-order chi connectivity index (χ1) is 7.58. The molecule has 2 heterocycles. The van der Waals surface area contributed by atoms with Gasteiger partial charge in [-0.15, -0.1) is 0 Å². The van der Waals surface area contributed by atoms with Gasteiger partial charge in [-0.25, -0.2) is 0 Å². The predicted molar refractivity (Wildman–Crippen MR) is 65.8 cm³/mol. The van der Waals surface area contributed by atoms with E-state index in [-0.39, 0.29) is 5.91 Å². The Bertz CT molecular complexity index is 394. The summed E-state index contributed by atoms with van der Waals surface area (Å²) in [7, 11) is 1.84. The molecule has 1 aromatic heterocycles. The van der Waals surface area contributed by atoms with Gasteiger partial charge >= 0.3 is 0 Å². The van der Waals surface area contributed by atoms with Gasteiger partial charge in [-0.2, -0.15) is 5.10 Å². The Hall–Kier alpha value is -0.840. The van der Waals surface area contributed by atoms with E-state index in [1.807, 2.05) is 18.9 Å². The van der Waals surface area contributed by atoms with Crippen LogP contribution in [0.2, 0.25) is 0 Å². The number of halogens is 1. The molecule has 1 amide bonds. The van der Waals surface area contributed by atoms with Crippen LogP contribution in [0.4, 0.5) is 0 Å². The molecule has 4 nitrogen and oxygen atoms in total. The maximum absolute atomic E-state index is 12.2. The molecule has 1 saturated heterocycles. The number of alkyl halides is 1. The van der Waals surface area contributed by atoms with E-state index >= 15 is 0 Å². The molecule has 0 bridgehead atoms. The molecule has 0 aromatic carbocycles. The summed E-state index contributed by atoms with van der Waals surface area (Å²) in [4.78, 5) is 14.7. The third-order valence-corrected chi connectivity index (χ3v) is 3.87. The maximum Gasteiger partial charge on any atom is 0.257 e. The van der Waals surface area contributed by atoms with Gasteiger partial charge in [0, 0.05) is 31.2 Å². The minimum absolute atomic E-state index is 0.116. The average Bonchev–Trinajstić information content (AvgIpc) is 2.58. The molecule has 16 heavy (non-hydrogen) atoms. The topological polar surface area (TPSA) is 38.1 Å². The lowest BCUT2D eigenvalue weighted by molar-refractivity contribution is 0.0727. The smallest absolute Gasteiger partial charge is 0.257 e. The van der Waals surface area contributed by atoms with Crippen molar-refractivity contribution >= 4 is 21.8 Å². The van der Waals surface area contributed by atoms with Gasteiger partial charge in [-0.1, -0.05) is 15.9 Å². The molecular weight excluding hydrogens is 270 g/mol. The van der Waals surface area contributed by atoms with Gasteiger partial charge in [-0.05, 0) is 19.8 Å². The molecule has 0 atom stereocenters. The molecule has 5 heteroatoms. The van der Waals surface area contributed by atoms with Crippen LogP contribution < -0.4 is 0 Å². The summed E-state index contributed by atoms with van der Waals surface area (Å²) in [5, 5.41) is 4.20. The highest BCUT2D eigenvalue weighted by Crippen LogP contribution is 2.19. The first-order valence-corrected chi connectivity index (χ1v) is 6.43. The second-order valence-corrected chi connectivity index (χ2v) is 5.56. The molecular formula is C11H16BrN3O. The highest BCUT2D eigenvalue weighted by molar-refractivity contribution is 9.09. The van der Waals surface area contributed by atoms with E-state index in [1.165, 1.54) is 0 Å². The lowest BCUT2D eigenvalue weighted by Gasteiger charge is -2.29. The van der Waals surface area contributed by atoms with Crippen molar-refractivity contribution in [1.29, 1.82) is 0 Å². The first kappa shape index (κ1) is 11.6. The predicted octanol–water partition coefficient (Wildman–Crippen LogP) is 1.73. The normalized spacial score (nSPS) is 17.8. The number of hydrogen-bond acceptors (Lipinski definition) is 2. The molecule has 2 rings (SSSR count). The Morgan fingerprint density at radius 1 is 1.50 bits per heavy atom. The van der Waals surface area contributed by atoms with Crippen LogP contribution in [0.15, 0.2) is 6.20 Å². The van der Waals surface area contributed by atoms with Gasteiger partial charge < -0.3 is 4.90 Å². The molecule has 0 saturated carbocycles. The summed E-state index contributed by atoms with van der Waals surface area (Å²) in [6.45, 7) is 3.55. The van der Waals surface area contributed by atoms with Crippen LogP contribution in [0.3, 0.4) is 0 Å². The fourth-order valence-electron chi connectivity index (χ4n) is 2.03. The maximum atomic E-state index is 12.2. The van der Waals surface area contributed by atoms with E-state index in [1.54, 1.807) is 10.9 Å². The molecule has 0 radical (unpaired) electrons. The van der Waals surface area contributed by atoms with Crippen molar-refractivity contribution in [1.82, 2.24) is 14.7 Å². The molecule has 88 valence electrons. The number of aryl methyl sites for hydroxylation is 2. The summed E-state index contributed by atoms with van der Waals surface area (Å²) in [5.74, 6) is 0.116. The summed E-state index contributed by atoms with van der Waals surface area (Å²) in [5.41, 5.74) is 1.55. The molecule has 1 aliphatic rings. The number of carbonyl (C=O) groups is 1. The molecule has 1 fully saturated rings. The number of likely N-dealkylation sites (tertiary alicyclic amines) is 1. The Balaban J connectivity index is 2.10. The summed E-state index contributed by atoms with van der Waals surface area (Å²) in [6, 6.07) is 0. The van der Waals surface area contributed by atoms with Gasteiger partial charge in [0.15, 0.2) is 0 Å². The summed E-state index contributed by atoms with van der Waals surface area (Å²) < 4.78 is 1.69. The van der Waals surface area contributed by atoms with E-state index in [0.717, 1.165) is 37.2 Å². The Morgan fingerprint density at radius 3 is 2.62 bits per heavy atom. The fraction of sp³-hybridized carbons (Fsp3) is 0.636. The van der Waals surface area contributed by atoms with E-state index in [2.05, 4.69) is 21.0 Å². The van der Waals surface area contributed by atoms with E-state index in [9.17, 15) is 4.79 Å². The monoisotopic (exact) mass is 285 g/mol. The molecule has 0 spiro atoms. The van der Waals surface area contributed by atoms with Gasteiger partial charge in [0.25, 0.3) is 5.91 Å². The number of amides is 1. The zero-order valence-electron chi connectivity index (χ0n) is 9.61. The highest BCUT2D eigenvalue weighted by Gasteiger charge is 2.24. The standard InChI is InChI=1S/C11H16BrN3O/c1-8-10(7-14(2)13-8)11(16)15-5-3-9(12)4-6-15/h7,9H,3-6H2,1-2H3. The zero-order valence-corrected chi connectivity index (χ0v) is 11.2. The lowest BCUT2D eigenvalue weighted by Crippen LogP contribution is -2.38. The minimum atomic E-state index is 0.116. The van der Waals surface area contributed by atoms with Crippen LogP contribution in [0.1, 0.15) is 28.9 Å². The third-order valence-electron chi connectivity index (χ3n) is 2.96. The van der Waals surface area contributed by atoms with E-state index in [0.29, 0.717) is 4.83 Å².